The van der Waals surface area contributed by atoms with Crippen LogP contribution in [0.5, 0.6) is 0 Å². The second-order valence-electron chi connectivity index (χ2n) is 8.38. The van der Waals surface area contributed by atoms with Crippen LogP contribution in [0.15, 0.2) is 48.5 Å². The van der Waals surface area contributed by atoms with Crippen molar-refractivity contribution in [2.24, 2.45) is 5.73 Å². The van der Waals surface area contributed by atoms with Crippen LogP contribution in [0.3, 0.4) is 0 Å². The first-order chi connectivity index (χ1) is 14.5. The third-order valence-corrected chi connectivity index (χ3v) is 6.39. The molecule has 2 aromatic carbocycles. The molecule has 0 saturated carbocycles. The SMILES string of the molecule is Cc1ccccc1CN1CCN(C(=O)CN2Cc3ccccc3C[C@H]2C(N)=O)CC1. The molecule has 30 heavy (non-hydrogen) atoms. The Hall–Kier alpha value is -2.70. The van der Waals surface area contributed by atoms with E-state index >= 15 is 0 Å². The Morgan fingerprint density at radius 2 is 1.63 bits per heavy atom. The molecule has 2 heterocycles. The van der Waals surface area contributed by atoms with Crippen LogP contribution in [0.25, 0.3) is 0 Å². The summed E-state index contributed by atoms with van der Waals surface area (Å²) < 4.78 is 0. The van der Waals surface area contributed by atoms with Gasteiger partial charge in [-0.05, 0) is 35.6 Å². The molecule has 2 aliphatic rings. The van der Waals surface area contributed by atoms with Crippen molar-refractivity contribution in [2.45, 2.75) is 32.5 Å². The van der Waals surface area contributed by atoms with E-state index in [0.29, 0.717) is 13.0 Å². The van der Waals surface area contributed by atoms with Gasteiger partial charge in [0.2, 0.25) is 11.8 Å². The maximum Gasteiger partial charge on any atom is 0.236 e. The molecule has 6 nitrogen and oxygen atoms in total. The van der Waals surface area contributed by atoms with Crippen molar-refractivity contribution in [3.63, 3.8) is 0 Å². The van der Waals surface area contributed by atoms with Crippen LogP contribution in [0, 0.1) is 6.92 Å². The minimum absolute atomic E-state index is 0.0798. The molecule has 158 valence electrons. The third kappa shape index (κ3) is 4.55. The van der Waals surface area contributed by atoms with E-state index in [9.17, 15) is 9.59 Å². The molecule has 0 radical (unpaired) electrons. The van der Waals surface area contributed by atoms with Crippen LogP contribution in [0.2, 0.25) is 0 Å². The Morgan fingerprint density at radius 3 is 2.33 bits per heavy atom. The van der Waals surface area contributed by atoms with E-state index in [1.165, 1.54) is 16.7 Å². The fourth-order valence-electron chi connectivity index (χ4n) is 4.48. The van der Waals surface area contributed by atoms with Crippen molar-refractivity contribution >= 4 is 11.8 Å². The Bertz CT molecular complexity index is 921. The zero-order chi connectivity index (χ0) is 21.1. The molecule has 2 N–H and O–H groups in total. The second-order valence-corrected chi connectivity index (χ2v) is 8.38. The van der Waals surface area contributed by atoms with Crippen molar-refractivity contribution in [1.82, 2.24) is 14.7 Å². The summed E-state index contributed by atoms with van der Waals surface area (Å²) in [5.41, 5.74) is 10.6. The summed E-state index contributed by atoms with van der Waals surface area (Å²) in [6, 6.07) is 16.1. The largest absolute Gasteiger partial charge is 0.368 e. The van der Waals surface area contributed by atoms with Gasteiger partial charge in [-0.1, -0.05) is 48.5 Å². The maximum absolute atomic E-state index is 13.0. The number of primary amides is 1. The van der Waals surface area contributed by atoms with Gasteiger partial charge in [0.15, 0.2) is 0 Å². The molecule has 0 spiro atoms. The predicted octanol–water partition coefficient (Wildman–Crippen LogP) is 1.55. The zero-order valence-electron chi connectivity index (χ0n) is 17.6. The van der Waals surface area contributed by atoms with Gasteiger partial charge in [-0.15, -0.1) is 0 Å². The molecule has 0 aliphatic carbocycles. The van der Waals surface area contributed by atoms with E-state index in [1.807, 2.05) is 28.0 Å². The Labute approximate surface area is 178 Å². The van der Waals surface area contributed by atoms with Crippen molar-refractivity contribution in [3.8, 4) is 0 Å². The van der Waals surface area contributed by atoms with Gasteiger partial charge in [0.1, 0.15) is 0 Å². The summed E-state index contributed by atoms with van der Waals surface area (Å²) in [7, 11) is 0. The normalized spacial score (nSPS) is 20.0. The molecule has 1 saturated heterocycles. The topological polar surface area (TPSA) is 69.9 Å². The molecular weight excluding hydrogens is 376 g/mol. The van der Waals surface area contributed by atoms with E-state index in [4.69, 9.17) is 5.73 Å². The Balaban J connectivity index is 1.34. The number of carbonyl (C=O) groups is 2. The lowest BCUT2D eigenvalue weighted by molar-refractivity contribution is -0.136. The monoisotopic (exact) mass is 406 g/mol. The molecule has 1 fully saturated rings. The van der Waals surface area contributed by atoms with Gasteiger partial charge in [-0.25, -0.2) is 0 Å². The Kier molecular flexibility index (Phi) is 6.16. The number of nitrogens with zero attached hydrogens (tertiary/aromatic N) is 3. The molecule has 2 aliphatic heterocycles. The first-order valence-corrected chi connectivity index (χ1v) is 10.7. The van der Waals surface area contributed by atoms with Gasteiger partial charge in [-0.3, -0.25) is 19.4 Å². The minimum Gasteiger partial charge on any atom is -0.368 e. The van der Waals surface area contributed by atoms with Crippen molar-refractivity contribution in [1.29, 1.82) is 0 Å². The fourth-order valence-corrected chi connectivity index (χ4v) is 4.48. The van der Waals surface area contributed by atoms with Gasteiger partial charge in [0, 0.05) is 39.3 Å². The number of amides is 2. The van der Waals surface area contributed by atoms with Crippen LogP contribution in [-0.2, 0) is 29.1 Å². The molecule has 0 bridgehead atoms. The van der Waals surface area contributed by atoms with E-state index in [0.717, 1.165) is 38.3 Å². The molecule has 6 heteroatoms. The number of benzene rings is 2. The predicted molar refractivity (Wildman–Crippen MR) is 117 cm³/mol. The van der Waals surface area contributed by atoms with Crippen LogP contribution in [-0.4, -0.2) is 65.3 Å². The summed E-state index contributed by atoms with van der Waals surface area (Å²) in [4.78, 5) is 31.3. The number of rotatable bonds is 5. The van der Waals surface area contributed by atoms with Gasteiger partial charge in [-0.2, -0.15) is 0 Å². The summed E-state index contributed by atoms with van der Waals surface area (Å²) in [6.45, 7) is 7.04. The van der Waals surface area contributed by atoms with E-state index in [-0.39, 0.29) is 18.4 Å². The van der Waals surface area contributed by atoms with Crippen molar-refractivity contribution < 1.29 is 9.59 Å². The van der Waals surface area contributed by atoms with Crippen molar-refractivity contribution in [3.05, 3.63) is 70.8 Å². The van der Waals surface area contributed by atoms with E-state index in [2.05, 4.69) is 42.2 Å². The van der Waals surface area contributed by atoms with Gasteiger partial charge < -0.3 is 10.6 Å². The number of nitrogens with two attached hydrogens (primary N) is 1. The lowest BCUT2D eigenvalue weighted by Crippen LogP contribution is -2.55. The highest BCUT2D eigenvalue weighted by Gasteiger charge is 2.32. The van der Waals surface area contributed by atoms with Crippen LogP contribution in [0.4, 0.5) is 0 Å². The van der Waals surface area contributed by atoms with Crippen LogP contribution in [0.1, 0.15) is 22.3 Å². The highest BCUT2D eigenvalue weighted by molar-refractivity contribution is 5.83. The first kappa shape index (κ1) is 20.6. The molecule has 0 aromatic heterocycles. The van der Waals surface area contributed by atoms with Crippen LogP contribution >= 0.6 is 0 Å². The maximum atomic E-state index is 13.0. The van der Waals surface area contributed by atoms with Gasteiger partial charge in [0.05, 0.1) is 12.6 Å². The number of piperazine rings is 1. The average Bonchev–Trinajstić information content (AvgIpc) is 2.75. The fraction of sp³-hybridized carbons (Fsp3) is 0.417. The minimum atomic E-state index is -0.425. The molecule has 0 unspecified atom stereocenters. The number of carbonyl (C=O) groups excluding carboxylic acids is 2. The summed E-state index contributed by atoms with van der Waals surface area (Å²) >= 11 is 0. The highest BCUT2D eigenvalue weighted by Crippen LogP contribution is 2.23. The molecular formula is C24H30N4O2. The average molecular weight is 407 g/mol. The number of aryl methyl sites for hydroxylation is 1. The molecule has 2 amide bonds. The molecule has 1 atom stereocenters. The summed E-state index contributed by atoms with van der Waals surface area (Å²) in [5.74, 6) is -0.281. The van der Waals surface area contributed by atoms with Crippen molar-refractivity contribution in [2.75, 3.05) is 32.7 Å². The second kappa shape index (κ2) is 8.98. The lowest BCUT2D eigenvalue weighted by Gasteiger charge is -2.38. The van der Waals surface area contributed by atoms with Crippen LogP contribution < -0.4 is 5.73 Å². The number of hydrogen-bond donors (Lipinski definition) is 1. The first-order valence-electron chi connectivity index (χ1n) is 10.7. The smallest absolute Gasteiger partial charge is 0.236 e. The molecule has 2 aromatic rings. The Morgan fingerprint density at radius 1 is 0.967 bits per heavy atom. The number of fused-ring (bicyclic) bond motifs is 1. The third-order valence-electron chi connectivity index (χ3n) is 6.39. The van der Waals surface area contributed by atoms with Gasteiger partial charge in [0.25, 0.3) is 0 Å². The molecule has 4 rings (SSSR count). The lowest BCUT2D eigenvalue weighted by atomic mass is 9.93. The quantitative estimate of drug-likeness (QED) is 0.818. The van der Waals surface area contributed by atoms with Gasteiger partial charge >= 0.3 is 0 Å². The standard InChI is InChI=1S/C24H30N4O2/c1-18-6-2-3-8-20(18)15-26-10-12-27(13-11-26)23(29)17-28-16-21-9-5-4-7-19(21)14-22(28)24(25)30/h2-9,22H,10-17H2,1H3,(H2,25,30)/t22-/m0/s1. The van der Waals surface area contributed by atoms with E-state index < -0.39 is 6.04 Å². The van der Waals surface area contributed by atoms with E-state index in [1.54, 1.807) is 0 Å². The highest BCUT2D eigenvalue weighted by atomic mass is 16.2. The zero-order valence-corrected chi connectivity index (χ0v) is 17.6. The summed E-state index contributed by atoms with van der Waals surface area (Å²) in [6.07, 6.45) is 0.572. The summed E-state index contributed by atoms with van der Waals surface area (Å²) in [5, 5.41) is 0. The number of hydrogen-bond acceptors (Lipinski definition) is 4.